The van der Waals surface area contributed by atoms with Gasteiger partial charge in [-0.3, -0.25) is 9.69 Å². The van der Waals surface area contributed by atoms with Crippen LogP contribution >= 0.6 is 11.3 Å². The number of nitrogens with zero attached hydrogens (tertiary/aromatic N) is 2. The number of aromatic amines is 1. The number of thiophene rings is 1. The molecule has 2 aromatic heterocycles. The van der Waals surface area contributed by atoms with E-state index in [-0.39, 0.29) is 12.2 Å². The highest BCUT2D eigenvalue weighted by Crippen LogP contribution is 2.32. The molecule has 0 aliphatic carbocycles. The van der Waals surface area contributed by atoms with Gasteiger partial charge in [0.2, 0.25) is 5.82 Å². The molecule has 152 valence electrons. The SMILES string of the molecule is COc1cccc(-c2ccc(CN3CCc4nc(C(F)(F)F)[nH]c(=O)c4C3)s2)c1. The molecule has 1 aromatic carbocycles. The molecule has 0 radical (unpaired) electrons. The van der Waals surface area contributed by atoms with E-state index < -0.39 is 17.6 Å². The predicted octanol–water partition coefficient (Wildman–Crippen LogP) is 4.08. The van der Waals surface area contributed by atoms with Crippen LogP contribution in [0, 0.1) is 0 Å². The van der Waals surface area contributed by atoms with Gasteiger partial charge in [-0.05, 0) is 29.8 Å². The number of hydrogen-bond donors (Lipinski definition) is 1. The molecule has 0 atom stereocenters. The smallest absolute Gasteiger partial charge is 0.449 e. The molecule has 1 N–H and O–H groups in total. The second-order valence-corrected chi connectivity index (χ2v) is 7.96. The number of halogens is 3. The maximum absolute atomic E-state index is 12.8. The van der Waals surface area contributed by atoms with Gasteiger partial charge in [-0.25, -0.2) is 4.98 Å². The van der Waals surface area contributed by atoms with Crippen molar-refractivity contribution < 1.29 is 17.9 Å². The number of ether oxygens (including phenoxy) is 1. The minimum absolute atomic E-state index is 0.237. The van der Waals surface area contributed by atoms with E-state index in [1.807, 2.05) is 46.3 Å². The Bertz CT molecular complexity index is 1090. The number of alkyl halides is 3. The fourth-order valence-electron chi connectivity index (χ4n) is 3.36. The summed E-state index contributed by atoms with van der Waals surface area (Å²) in [6.45, 7) is 1.45. The van der Waals surface area contributed by atoms with Crippen molar-refractivity contribution in [3.63, 3.8) is 0 Å². The number of fused-ring (bicyclic) bond motifs is 1. The Balaban J connectivity index is 1.50. The van der Waals surface area contributed by atoms with E-state index in [4.69, 9.17) is 4.74 Å². The molecule has 1 aliphatic heterocycles. The Morgan fingerprint density at radius 1 is 1.28 bits per heavy atom. The van der Waals surface area contributed by atoms with Crippen molar-refractivity contribution in [3.8, 4) is 16.2 Å². The van der Waals surface area contributed by atoms with Crippen molar-refractivity contribution in [1.82, 2.24) is 14.9 Å². The number of rotatable bonds is 4. The Kier molecular flexibility index (Phi) is 5.18. The van der Waals surface area contributed by atoms with Gasteiger partial charge in [0.25, 0.3) is 5.56 Å². The van der Waals surface area contributed by atoms with Gasteiger partial charge < -0.3 is 9.72 Å². The van der Waals surface area contributed by atoms with E-state index in [1.165, 1.54) is 0 Å². The van der Waals surface area contributed by atoms with Crippen molar-refractivity contribution in [1.29, 1.82) is 0 Å². The maximum atomic E-state index is 12.8. The molecular weight excluding hydrogens is 403 g/mol. The van der Waals surface area contributed by atoms with Gasteiger partial charge in [-0.2, -0.15) is 13.2 Å². The summed E-state index contributed by atoms with van der Waals surface area (Å²) < 4.78 is 43.8. The monoisotopic (exact) mass is 421 g/mol. The van der Waals surface area contributed by atoms with Crippen molar-refractivity contribution in [2.24, 2.45) is 0 Å². The third-order valence-corrected chi connectivity index (χ3v) is 5.93. The highest BCUT2D eigenvalue weighted by molar-refractivity contribution is 7.15. The van der Waals surface area contributed by atoms with Crippen LogP contribution in [0.5, 0.6) is 5.75 Å². The van der Waals surface area contributed by atoms with Gasteiger partial charge >= 0.3 is 6.18 Å². The van der Waals surface area contributed by atoms with Crippen LogP contribution in [0.4, 0.5) is 13.2 Å². The van der Waals surface area contributed by atoms with Crippen LogP contribution < -0.4 is 10.3 Å². The molecule has 0 fully saturated rings. The topological polar surface area (TPSA) is 58.2 Å². The molecule has 3 aromatic rings. The van der Waals surface area contributed by atoms with Crippen LogP contribution in [0.1, 0.15) is 22.0 Å². The van der Waals surface area contributed by atoms with Crippen molar-refractivity contribution in [2.75, 3.05) is 13.7 Å². The summed E-state index contributed by atoms with van der Waals surface area (Å²) in [6.07, 6.45) is -4.34. The van der Waals surface area contributed by atoms with Gasteiger partial charge in [0.15, 0.2) is 0 Å². The third-order valence-electron chi connectivity index (χ3n) is 4.81. The molecule has 4 rings (SSSR count). The molecule has 9 heteroatoms. The second-order valence-electron chi connectivity index (χ2n) is 6.80. The first kappa shape index (κ1) is 19.7. The predicted molar refractivity (Wildman–Crippen MR) is 104 cm³/mol. The first-order valence-electron chi connectivity index (χ1n) is 8.98. The lowest BCUT2D eigenvalue weighted by Gasteiger charge is -2.27. The maximum Gasteiger partial charge on any atom is 0.449 e. The number of hydrogen-bond acceptors (Lipinski definition) is 5. The number of benzene rings is 1. The van der Waals surface area contributed by atoms with Crippen LogP contribution in [-0.4, -0.2) is 28.5 Å². The number of methoxy groups -OCH3 is 1. The molecule has 0 amide bonds. The van der Waals surface area contributed by atoms with Crippen LogP contribution in [-0.2, 0) is 25.7 Å². The van der Waals surface area contributed by atoms with E-state index in [0.717, 1.165) is 21.1 Å². The van der Waals surface area contributed by atoms with Crippen LogP contribution in [0.15, 0.2) is 41.2 Å². The van der Waals surface area contributed by atoms with Crippen molar-refractivity contribution >= 4 is 11.3 Å². The molecule has 0 spiro atoms. The van der Waals surface area contributed by atoms with Gasteiger partial charge in [-0.15, -0.1) is 11.3 Å². The fourth-order valence-corrected chi connectivity index (χ4v) is 4.41. The average molecular weight is 421 g/mol. The van der Waals surface area contributed by atoms with E-state index in [9.17, 15) is 18.0 Å². The first-order chi connectivity index (χ1) is 13.8. The summed E-state index contributed by atoms with van der Waals surface area (Å²) in [6, 6.07) is 11.9. The minimum Gasteiger partial charge on any atom is -0.497 e. The Labute approximate surface area is 168 Å². The van der Waals surface area contributed by atoms with E-state index in [1.54, 1.807) is 18.4 Å². The zero-order valence-electron chi connectivity index (χ0n) is 15.5. The lowest BCUT2D eigenvalue weighted by Crippen LogP contribution is -2.36. The first-order valence-corrected chi connectivity index (χ1v) is 9.80. The summed E-state index contributed by atoms with van der Waals surface area (Å²) in [7, 11) is 1.63. The van der Waals surface area contributed by atoms with Gasteiger partial charge in [0.1, 0.15) is 5.75 Å². The molecule has 5 nitrogen and oxygen atoms in total. The van der Waals surface area contributed by atoms with Crippen molar-refractivity contribution in [3.05, 3.63) is 68.7 Å². The summed E-state index contributed by atoms with van der Waals surface area (Å²) in [4.78, 5) is 21.9. The number of nitrogens with one attached hydrogen (secondary N) is 1. The lowest BCUT2D eigenvalue weighted by molar-refractivity contribution is -0.145. The number of aromatic nitrogens is 2. The Morgan fingerprint density at radius 2 is 2.10 bits per heavy atom. The Morgan fingerprint density at radius 3 is 2.86 bits per heavy atom. The molecule has 1 aliphatic rings. The lowest BCUT2D eigenvalue weighted by atomic mass is 10.1. The largest absolute Gasteiger partial charge is 0.497 e. The Hall–Kier alpha value is -2.65. The molecule has 0 unspecified atom stereocenters. The highest BCUT2D eigenvalue weighted by atomic mass is 32.1. The molecule has 0 saturated carbocycles. The third kappa shape index (κ3) is 4.20. The van der Waals surface area contributed by atoms with Crippen LogP contribution in [0.25, 0.3) is 10.4 Å². The molecule has 3 heterocycles. The normalized spacial score (nSPS) is 14.6. The quantitative estimate of drug-likeness (QED) is 0.690. The van der Waals surface area contributed by atoms with Crippen molar-refractivity contribution in [2.45, 2.75) is 25.7 Å². The zero-order valence-corrected chi connectivity index (χ0v) is 16.4. The highest BCUT2D eigenvalue weighted by Gasteiger charge is 2.35. The zero-order chi connectivity index (χ0) is 20.6. The average Bonchev–Trinajstić information content (AvgIpc) is 3.16. The van der Waals surface area contributed by atoms with E-state index >= 15 is 0 Å². The number of H-pyrrole nitrogens is 1. The molecule has 0 bridgehead atoms. The summed E-state index contributed by atoms with van der Waals surface area (Å²) in [5.74, 6) is -0.439. The van der Waals surface area contributed by atoms with Crippen LogP contribution in [0.2, 0.25) is 0 Å². The van der Waals surface area contributed by atoms with Gasteiger partial charge in [-0.1, -0.05) is 12.1 Å². The van der Waals surface area contributed by atoms with Gasteiger partial charge in [0, 0.05) is 35.8 Å². The van der Waals surface area contributed by atoms with E-state index in [2.05, 4.69) is 4.98 Å². The molecule has 0 saturated heterocycles. The minimum atomic E-state index is -4.65. The molecule has 29 heavy (non-hydrogen) atoms. The standard InChI is InChI=1S/C20H18F3N3O2S/c1-28-13-4-2-3-12(9-13)17-6-5-14(29-17)10-26-8-7-16-15(11-26)18(27)25-19(24-16)20(21,22)23/h2-6,9H,7-8,10-11H2,1H3,(H,24,25,27). The molecular formula is C20H18F3N3O2S. The second kappa shape index (κ2) is 7.64. The van der Waals surface area contributed by atoms with E-state index in [0.29, 0.717) is 25.1 Å². The summed E-state index contributed by atoms with van der Waals surface area (Å²) in [5.41, 5.74) is 0.898. The summed E-state index contributed by atoms with van der Waals surface area (Å²) >= 11 is 1.64. The summed E-state index contributed by atoms with van der Waals surface area (Å²) in [5, 5.41) is 0. The fraction of sp³-hybridized carbons (Fsp3) is 0.300. The van der Waals surface area contributed by atoms with Gasteiger partial charge in [0.05, 0.1) is 18.4 Å². The van der Waals surface area contributed by atoms with Crippen LogP contribution in [0.3, 0.4) is 0 Å².